The highest BCUT2D eigenvalue weighted by Crippen LogP contribution is 2.46. The van der Waals surface area contributed by atoms with Crippen molar-refractivity contribution < 1.29 is 66.9 Å². The monoisotopic (exact) mass is 1290 g/mol. The van der Waals surface area contributed by atoms with Gasteiger partial charge in [-0.05, 0) is 191 Å². The van der Waals surface area contributed by atoms with Crippen molar-refractivity contribution in [2.75, 3.05) is 88.7 Å². The van der Waals surface area contributed by atoms with E-state index in [1.807, 2.05) is 12.1 Å². The lowest BCUT2D eigenvalue weighted by atomic mass is 9.67. The molecule has 6 aromatic rings. The number of hydrogen-bond acceptors (Lipinski definition) is 14. The molecular weight excluding hydrogens is 1190 g/mol. The predicted molar refractivity (Wildman–Crippen MR) is 374 cm³/mol. The van der Waals surface area contributed by atoms with Gasteiger partial charge in [-0.25, -0.2) is 4.79 Å². The Balaban J connectivity index is 0.000000200. The second kappa shape index (κ2) is 35.8. The van der Waals surface area contributed by atoms with E-state index in [4.69, 9.17) is 58.2 Å². The van der Waals surface area contributed by atoms with E-state index in [1.165, 1.54) is 55.9 Å². The highest BCUT2D eigenvalue weighted by Gasteiger charge is 2.44. The molecule has 6 aromatic carbocycles. The Bertz CT molecular complexity index is 3150. The molecule has 4 heterocycles. The molecule has 0 radical (unpaired) electrons. The zero-order chi connectivity index (χ0) is 68.4. The maximum absolute atomic E-state index is 12.7. The molecule has 4 unspecified atom stereocenters. The van der Waals surface area contributed by atoms with Gasteiger partial charge in [0.25, 0.3) is 11.8 Å². The quantitative estimate of drug-likeness (QED) is 0.0523. The van der Waals surface area contributed by atoms with Crippen LogP contribution in [0.2, 0.25) is 0 Å². The Morgan fingerprint density at radius 2 is 0.787 bits per heavy atom. The first-order valence-corrected chi connectivity index (χ1v) is 32.2. The number of nitrogens with two attached hydrogens (primary N) is 1. The summed E-state index contributed by atoms with van der Waals surface area (Å²) in [6, 6.07) is 47.6. The van der Waals surface area contributed by atoms with Crippen LogP contribution < -0.4 is 44.8 Å². The van der Waals surface area contributed by atoms with Crippen LogP contribution in [0.3, 0.4) is 0 Å². The molecule has 17 nitrogen and oxygen atoms in total. The van der Waals surface area contributed by atoms with Crippen LogP contribution >= 0.6 is 0 Å². The summed E-state index contributed by atoms with van der Waals surface area (Å²) in [5.74, 6) is 2.05. The maximum Gasteiger partial charge on any atom is 0.335 e. The zero-order valence-electron chi connectivity index (χ0n) is 57.0. The third-order valence-corrected chi connectivity index (χ3v) is 17.7. The van der Waals surface area contributed by atoms with Crippen molar-refractivity contribution in [3.63, 3.8) is 0 Å². The predicted octanol–water partition coefficient (Wildman–Crippen LogP) is 12.5. The molecule has 5 N–H and O–H groups in total. The van der Waals surface area contributed by atoms with Gasteiger partial charge in [-0.3, -0.25) is 9.59 Å². The molecule has 0 aromatic heterocycles. The summed E-state index contributed by atoms with van der Waals surface area (Å²) in [7, 11) is 9.77. The molecule has 18 heteroatoms. The van der Waals surface area contributed by atoms with Crippen LogP contribution in [0.4, 0.5) is 0 Å². The van der Waals surface area contributed by atoms with Crippen LogP contribution in [-0.4, -0.2) is 142 Å². The number of aromatic carboxylic acids is 1. The molecule has 2 amide bonds. The van der Waals surface area contributed by atoms with Crippen molar-refractivity contribution in [1.29, 1.82) is 0 Å². The van der Waals surface area contributed by atoms with Gasteiger partial charge in [0.1, 0.15) is 0 Å². The SMILES string of the molecule is CC1(C)CC(CCN)(c2ccccc2)CCO1.COc1ccc(C(=O)NCCC2(c3ccccc3)CCOC(C)(C)C2)cc1OC.COc1ccc(C(=O)NCCC2(c3ccccc3)CCOC(C)(C)C2)cc1OC.COc1ccc(C(=O)O)cc1OC.[BH3-]C1CCCO1. The van der Waals surface area contributed by atoms with E-state index in [-0.39, 0.29) is 50.4 Å². The number of carbonyl (C=O) groups excluding carboxylic acids is 2. The third-order valence-electron chi connectivity index (χ3n) is 17.7. The average Bonchev–Trinajstić information content (AvgIpc) is 0.941. The first kappa shape index (κ1) is 75.4. The highest BCUT2D eigenvalue weighted by atomic mass is 16.5. The Morgan fingerprint density at radius 1 is 0.468 bits per heavy atom. The van der Waals surface area contributed by atoms with Crippen molar-refractivity contribution >= 4 is 25.6 Å². The summed E-state index contributed by atoms with van der Waals surface area (Å²) >= 11 is 0. The normalized spacial score (nSPS) is 21.3. The van der Waals surface area contributed by atoms with E-state index < -0.39 is 5.97 Å². The van der Waals surface area contributed by atoms with Gasteiger partial charge in [-0.1, -0.05) is 103 Å². The Morgan fingerprint density at radius 3 is 1.05 bits per heavy atom. The molecule has 4 aliphatic rings. The summed E-state index contributed by atoms with van der Waals surface area (Å²) in [6.45, 7) is 18.2. The number of carboxylic acids is 1. The minimum absolute atomic E-state index is 0.00606. The summed E-state index contributed by atoms with van der Waals surface area (Å²) in [4.78, 5) is 36.0. The molecule has 4 aliphatic heterocycles. The number of nitrogens with one attached hydrogen (secondary N) is 2. The molecule has 512 valence electrons. The van der Waals surface area contributed by atoms with E-state index in [0.29, 0.717) is 66.6 Å². The summed E-state index contributed by atoms with van der Waals surface area (Å²) < 4.78 is 54.0. The molecule has 4 fully saturated rings. The average molecular weight is 1300 g/mol. The minimum Gasteiger partial charge on any atom is -0.493 e. The van der Waals surface area contributed by atoms with Crippen LogP contribution in [0.25, 0.3) is 0 Å². The number of ether oxygens (including phenoxy) is 10. The third kappa shape index (κ3) is 21.7. The van der Waals surface area contributed by atoms with Crippen LogP contribution in [0.1, 0.15) is 160 Å². The largest absolute Gasteiger partial charge is 0.493 e. The Hall–Kier alpha value is -7.61. The number of rotatable bonds is 20. The molecule has 0 saturated carbocycles. The van der Waals surface area contributed by atoms with Crippen molar-refractivity contribution in [1.82, 2.24) is 10.6 Å². The van der Waals surface area contributed by atoms with Gasteiger partial charge in [-0.15, -0.1) is 0 Å². The van der Waals surface area contributed by atoms with E-state index in [2.05, 4.69) is 131 Å². The molecule has 4 saturated heterocycles. The zero-order valence-corrected chi connectivity index (χ0v) is 57.0. The summed E-state index contributed by atoms with van der Waals surface area (Å²) in [6.07, 6.45) is 11.4. The van der Waals surface area contributed by atoms with Crippen LogP contribution in [-0.2, 0) is 35.2 Å². The van der Waals surface area contributed by atoms with E-state index in [9.17, 15) is 14.4 Å². The van der Waals surface area contributed by atoms with Crippen LogP contribution in [0, 0.1) is 0 Å². The number of carbonyl (C=O) groups is 3. The first-order chi connectivity index (χ1) is 44.9. The molecule has 4 atom stereocenters. The number of amides is 2. The fourth-order valence-corrected chi connectivity index (χ4v) is 13.3. The fraction of sp³-hybridized carbons (Fsp3) is 0.487. The fourth-order valence-electron chi connectivity index (χ4n) is 13.3. The van der Waals surface area contributed by atoms with Crippen molar-refractivity contribution in [2.45, 2.75) is 151 Å². The van der Waals surface area contributed by atoms with E-state index >= 15 is 0 Å². The van der Waals surface area contributed by atoms with Crippen LogP contribution in [0.15, 0.2) is 146 Å². The van der Waals surface area contributed by atoms with Crippen molar-refractivity contribution in [3.8, 4) is 34.5 Å². The van der Waals surface area contributed by atoms with E-state index in [0.717, 1.165) is 96.8 Å². The van der Waals surface area contributed by atoms with Crippen molar-refractivity contribution in [2.24, 2.45) is 5.73 Å². The lowest BCUT2D eigenvalue weighted by Gasteiger charge is -2.45. The highest BCUT2D eigenvalue weighted by molar-refractivity contribution is 6.11. The summed E-state index contributed by atoms with van der Waals surface area (Å²) in [5.41, 5.74) is 11.0. The molecule has 0 aliphatic carbocycles. The van der Waals surface area contributed by atoms with Gasteiger partial charge in [0.2, 0.25) is 0 Å². The topological polar surface area (TPSA) is 214 Å². The molecule has 0 bridgehead atoms. The second-order valence-electron chi connectivity index (χ2n) is 25.8. The Labute approximate surface area is 559 Å². The van der Waals surface area contributed by atoms with Gasteiger partial charge in [-0.2, -0.15) is 0 Å². The minimum atomic E-state index is -0.985. The Kier molecular flexibility index (Phi) is 28.7. The van der Waals surface area contributed by atoms with Crippen LogP contribution in [0.5, 0.6) is 34.5 Å². The number of benzene rings is 6. The molecule has 94 heavy (non-hydrogen) atoms. The number of carboxylic acid groups (broad SMARTS) is 1. The maximum atomic E-state index is 12.7. The van der Waals surface area contributed by atoms with E-state index in [1.54, 1.807) is 70.9 Å². The molecule has 10 rings (SSSR count). The van der Waals surface area contributed by atoms with Gasteiger partial charge >= 0.3 is 5.97 Å². The molecular formula is C76H105BN3O14-. The van der Waals surface area contributed by atoms with Gasteiger partial charge < -0.3 is 68.8 Å². The van der Waals surface area contributed by atoms with Crippen molar-refractivity contribution in [3.05, 3.63) is 179 Å². The number of methoxy groups -OCH3 is 6. The lowest BCUT2D eigenvalue weighted by Crippen LogP contribution is -2.45. The standard InChI is InChI=1S/2C24H31NO4.C15H23NO.C9H10O4.C4H10BO/c2*1-23(2)17-24(13-15-29-23,19-8-6-5-7-9-19)12-14-25-22(26)18-10-11-20(27-3)21(16-18)28-4;1-14(2)12-15(8-10-16,9-11-17-14)13-6-4-3-5-7-13;1-12-7-4-3-6(9(10)11)5-8(7)13-2;5-4-2-1-3-6-4/h2*5-11,16H,12-15,17H2,1-4H3,(H,25,26);3-7H,8-12,16H2,1-2H3;3-5H,1-2H3,(H,10,11);4H,1-3H2,5H3/q;;;;-1. The smallest absolute Gasteiger partial charge is 0.335 e. The lowest BCUT2D eigenvalue weighted by molar-refractivity contribution is -0.0842. The number of hydrogen-bond donors (Lipinski definition) is 4. The second-order valence-corrected chi connectivity index (χ2v) is 25.8. The van der Waals surface area contributed by atoms with Gasteiger partial charge in [0, 0.05) is 66.9 Å². The van der Waals surface area contributed by atoms with Gasteiger partial charge in [0.15, 0.2) is 34.5 Å². The van der Waals surface area contributed by atoms with Gasteiger partial charge in [0.05, 0.1) is 65.0 Å². The first-order valence-electron chi connectivity index (χ1n) is 32.2. The summed E-state index contributed by atoms with van der Waals surface area (Å²) in [5, 5.41) is 14.8. The molecule has 0 spiro atoms.